The van der Waals surface area contributed by atoms with E-state index in [9.17, 15) is 4.79 Å². The lowest BCUT2D eigenvalue weighted by Crippen LogP contribution is -2.32. The Kier molecular flexibility index (Phi) is 6.51. The minimum atomic E-state index is -0.127. The van der Waals surface area contributed by atoms with Crippen LogP contribution in [0.2, 0.25) is 0 Å². The summed E-state index contributed by atoms with van der Waals surface area (Å²) in [6, 6.07) is 17.3. The lowest BCUT2D eigenvalue weighted by molar-refractivity contribution is -0.117. The van der Waals surface area contributed by atoms with Gasteiger partial charge in [-0.2, -0.15) is 5.10 Å². The quantitative estimate of drug-likeness (QED) is 0.609. The summed E-state index contributed by atoms with van der Waals surface area (Å²) in [5.74, 6) is 1.11. The van der Waals surface area contributed by atoms with E-state index in [0.29, 0.717) is 17.2 Å². The van der Waals surface area contributed by atoms with E-state index < -0.39 is 0 Å². The number of amides is 1. The zero-order valence-electron chi connectivity index (χ0n) is 17.1. The topological polar surface area (TPSA) is 79.5 Å². The molecule has 152 valence electrons. The second-order valence-corrected chi connectivity index (χ2v) is 6.82. The summed E-state index contributed by atoms with van der Waals surface area (Å²) < 4.78 is 10.5. The third-order valence-corrected chi connectivity index (χ3v) is 4.81. The summed E-state index contributed by atoms with van der Waals surface area (Å²) in [7, 11) is 5.05. The molecule has 0 unspecified atom stereocenters. The molecule has 7 nitrogen and oxygen atoms in total. The van der Waals surface area contributed by atoms with Crippen molar-refractivity contribution in [2.75, 3.05) is 33.1 Å². The average molecular weight is 394 g/mol. The number of ether oxygens (including phenoxy) is 2. The van der Waals surface area contributed by atoms with Gasteiger partial charge < -0.3 is 14.8 Å². The normalized spacial score (nSPS) is 11.9. The molecule has 1 aromatic heterocycles. The van der Waals surface area contributed by atoms with E-state index in [2.05, 4.69) is 15.5 Å². The highest BCUT2D eigenvalue weighted by atomic mass is 16.5. The molecule has 3 rings (SSSR count). The Morgan fingerprint density at radius 3 is 2.38 bits per heavy atom. The van der Waals surface area contributed by atoms with Gasteiger partial charge in [0.1, 0.15) is 11.5 Å². The molecule has 2 N–H and O–H groups in total. The van der Waals surface area contributed by atoms with Gasteiger partial charge in [-0.3, -0.25) is 14.8 Å². The number of rotatable bonds is 8. The number of nitrogens with one attached hydrogen (secondary N) is 2. The molecule has 1 heterocycles. The van der Waals surface area contributed by atoms with E-state index in [1.54, 1.807) is 32.4 Å². The van der Waals surface area contributed by atoms with Crippen LogP contribution in [-0.2, 0) is 4.79 Å². The maximum atomic E-state index is 12.5. The van der Waals surface area contributed by atoms with Crippen LogP contribution in [0.15, 0.2) is 54.6 Å². The molecule has 3 aromatic rings. The smallest absolute Gasteiger partial charge is 0.238 e. The molecule has 0 fully saturated rings. The Hall–Kier alpha value is -3.32. The molecular formula is C22H26N4O3. The number of H-pyrrole nitrogens is 1. The van der Waals surface area contributed by atoms with Crippen LogP contribution in [0.1, 0.15) is 18.7 Å². The first-order chi connectivity index (χ1) is 14.0. The van der Waals surface area contributed by atoms with Crippen LogP contribution < -0.4 is 14.8 Å². The van der Waals surface area contributed by atoms with E-state index in [4.69, 9.17) is 9.47 Å². The van der Waals surface area contributed by atoms with Crippen LogP contribution in [0.5, 0.6) is 11.5 Å². The Balaban J connectivity index is 1.63. The van der Waals surface area contributed by atoms with Crippen molar-refractivity contribution in [1.82, 2.24) is 15.1 Å². The van der Waals surface area contributed by atoms with Crippen LogP contribution in [0.25, 0.3) is 11.3 Å². The van der Waals surface area contributed by atoms with Gasteiger partial charge in [0, 0.05) is 35.5 Å². The molecule has 0 radical (unpaired) electrons. The first-order valence-electron chi connectivity index (χ1n) is 9.34. The van der Waals surface area contributed by atoms with Crippen LogP contribution in [0.3, 0.4) is 0 Å². The standard InChI is InChI=1S/C22H26N4O3/c1-15(20-13-21(25-24-20)16-8-6-5-7-9-16)26(2)14-22(27)23-17-10-18(28-3)12-19(11-17)29-4/h5-13,15H,14H2,1-4H3,(H,23,27)(H,24,25)/t15-/m1/s1. The van der Waals surface area contributed by atoms with E-state index in [1.165, 1.54) is 0 Å². The van der Waals surface area contributed by atoms with Gasteiger partial charge in [0.2, 0.25) is 5.91 Å². The fourth-order valence-electron chi connectivity index (χ4n) is 2.99. The van der Waals surface area contributed by atoms with Gasteiger partial charge in [-0.05, 0) is 20.0 Å². The second-order valence-electron chi connectivity index (χ2n) is 6.82. The minimum Gasteiger partial charge on any atom is -0.497 e. The highest BCUT2D eigenvalue weighted by Crippen LogP contribution is 2.26. The van der Waals surface area contributed by atoms with Gasteiger partial charge in [-0.1, -0.05) is 30.3 Å². The number of hydrogen-bond donors (Lipinski definition) is 2. The number of hydrogen-bond acceptors (Lipinski definition) is 5. The van der Waals surface area contributed by atoms with Crippen molar-refractivity contribution < 1.29 is 14.3 Å². The summed E-state index contributed by atoms with van der Waals surface area (Å²) in [6.45, 7) is 2.25. The number of aromatic nitrogens is 2. The molecule has 0 saturated carbocycles. The molecule has 1 amide bonds. The summed E-state index contributed by atoms with van der Waals surface area (Å²) in [4.78, 5) is 14.5. The first-order valence-corrected chi connectivity index (χ1v) is 9.34. The molecule has 0 spiro atoms. The average Bonchev–Trinajstić information content (AvgIpc) is 3.23. The first kappa shape index (κ1) is 20.4. The van der Waals surface area contributed by atoms with Crippen molar-refractivity contribution in [2.24, 2.45) is 0 Å². The summed E-state index contributed by atoms with van der Waals surface area (Å²) >= 11 is 0. The second kappa shape index (κ2) is 9.25. The molecular weight excluding hydrogens is 368 g/mol. The van der Waals surface area contributed by atoms with Crippen LogP contribution in [-0.4, -0.2) is 48.8 Å². The van der Waals surface area contributed by atoms with Gasteiger partial charge in [0.05, 0.1) is 32.2 Å². The highest BCUT2D eigenvalue weighted by Gasteiger charge is 2.18. The number of carbonyl (C=O) groups excluding carboxylic acids is 1. The summed E-state index contributed by atoms with van der Waals surface area (Å²) in [5, 5.41) is 10.4. The lowest BCUT2D eigenvalue weighted by atomic mass is 10.1. The van der Waals surface area contributed by atoms with Gasteiger partial charge in [-0.15, -0.1) is 0 Å². The molecule has 0 saturated heterocycles. The van der Waals surface area contributed by atoms with Crippen molar-refractivity contribution in [3.8, 4) is 22.8 Å². The number of anilines is 1. The van der Waals surface area contributed by atoms with Crippen molar-refractivity contribution in [1.29, 1.82) is 0 Å². The SMILES string of the molecule is COc1cc(NC(=O)CN(C)[C@H](C)c2cc(-c3ccccc3)n[nH]2)cc(OC)c1. The molecule has 0 aliphatic rings. The molecule has 1 atom stereocenters. The number of carbonyl (C=O) groups is 1. The van der Waals surface area contributed by atoms with E-state index >= 15 is 0 Å². The van der Waals surface area contributed by atoms with Crippen molar-refractivity contribution >= 4 is 11.6 Å². The van der Waals surface area contributed by atoms with E-state index in [0.717, 1.165) is 17.0 Å². The minimum absolute atomic E-state index is 0.00874. The number of methoxy groups -OCH3 is 2. The summed E-state index contributed by atoms with van der Waals surface area (Å²) in [5.41, 5.74) is 3.51. The largest absolute Gasteiger partial charge is 0.497 e. The van der Waals surface area contributed by atoms with Gasteiger partial charge in [0.25, 0.3) is 0 Å². The van der Waals surface area contributed by atoms with Crippen molar-refractivity contribution in [3.05, 3.63) is 60.3 Å². The third-order valence-electron chi connectivity index (χ3n) is 4.81. The van der Waals surface area contributed by atoms with Crippen LogP contribution >= 0.6 is 0 Å². The molecule has 0 aliphatic carbocycles. The predicted molar refractivity (Wildman–Crippen MR) is 113 cm³/mol. The fraction of sp³-hybridized carbons (Fsp3) is 0.273. The van der Waals surface area contributed by atoms with Crippen molar-refractivity contribution in [3.63, 3.8) is 0 Å². The predicted octanol–water partition coefficient (Wildman–Crippen LogP) is 3.73. The maximum absolute atomic E-state index is 12.5. The molecule has 7 heteroatoms. The summed E-state index contributed by atoms with van der Waals surface area (Å²) in [6.07, 6.45) is 0. The molecule has 29 heavy (non-hydrogen) atoms. The Morgan fingerprint density at radius 1 is 1.10 bits per heavy atom. The third kappa shape index (κ3) is 5.14. The van der Waals surface area contributed by atoms with Gasteiger partial charge in [-0.25, -0.2) is 0 Å². The van der Waals surface area contributed by atoms with E-state index in [1.807, 2.05) is 55.3 Å². The van der Waals surface area contributed by atoms with Crippen LogP contribution in [0.4, 0.5) is 5.69 Å². The Bertz CT molecular complexity index is 933. The van der Waals surface area contributed by atoms with Gasteiger partial charge in [0.15, 0.2) is 0 Å². The number of aromatic amines is 1. The lowest BCUT2D eigenvalue weighted by Gasteiger charge is -2.23. The Labute approximate surface area is 170 Å². The molecule has 0 bridgehead atoms. The molecule has 2 aromatic carbocycles. The zero-order valence-corrected chi connectivity index (χ0v) is 17.1. The Morgan fingerprint density at radius 2 is 1.76 bits per heavy atom. The maximum Gasteiger partial charge on any atom is 0.238 e. The fourth-order valence-corrected chi connectivity index (χ4v) is 2.99. The highest BCUT2D eigenvalue weighted by molar-refractivity contribution is 5.92. The van der Waals surface area contributed by atoms with E-state index in [-0.39, 0.29) is 18.5 Å². The number of nitrogens with zero attached hydrogens (tertiary/aromatic N) is 2. The molecule has 0 aliphatic heterocycles. The van der Waals surface area contributed by atoms with Gasteiger partial charge >= 0.3 is 0 Å². The van der Waals surface area contributed by atoms with Crippen molar-refractivity contribution in [2.45, 2.75) is 13.0 Å². The number of benzene rings is 2. The monoisotopic (exact) mass is 394 g/mol. The zero-order chi connectivity index (χ0) is 20.8. The van der Waals surface area contributed by atoms with Crippen LogP contribution in [0, 0.1) is 0 Å². The number of likely N-dealkylation sites (N-methyl/N-ethyl adjacent to an activating group) is 1.